The Morgan fingerprint density at radius 2 is 1.82 bits per heavy atom. The zero-order valence-electron chi connectivity index (χ0n) is 18.9. The molecule has 0 aliphatic carbocycles. The van der Waals surface area contributed by atoms with Gasteiger partial charge in [-0.25, -0.2) is 0 Å². The van der Waals surface area contributed by atoms with Gasteiger partial charge in [0, 0.05) is 34.3 Å². The van der Waals surface area contributed by atoms with Crippen molar-refractivity contribution in [1.82, 2.24) is 9.97 Å². The average molecular weight is 444 g/mol. The molecule has 0 saturated heterocycles. The van der Waals surface area contributed by atoms with Gasteiger partial charge in [0.05, 0.1) is 30.6 Å². The van der Waals surface area contributed by atoms with Gasteiger partial charge in [-0.1, -0.05) is 0 Å². The normalized spacial score (nSPS) is 14.7. The number of fused-ring (bicyclic) bond motifs is 3. The number of hydrogen-bond acceptors (Lipinski definition) is 6. The van der Waals surface area contributed by atoms with Gasteiger partial charge in [-0.05, 0) is 57.2 Å². The van der Waals surface area contributed by atoms with Gasteiger partial charge in [-0.3, -0.25) is 24.4 Å². The molecule has 1 aliphatic heterocycles. The molecule has 1 N–H and O–H groups in total. The fraction of sp³-hybridized carbons (Fsp3) is 0.240. The van der Waals surface area contributed by atoms with Gasteiger partial charge < -0.3 is 15.0 Å². The van der Waals surface area contributed by atoms with Crippen LogP contribution in [0.25, 0.3) is 11.1 Å². The molecule has 2 aromatic heterocycles. The van der Waals surface area contributed by atoms with Crippen LogP contribution in [0.2, 0.25) is 0 Å². The lowest BCUT2D eigenvalue weighted by molar-refractivity contribution is -0.122. The standard InChI is InChI=1S/C25H24N4O4/c1-14-9-22-21(12-26-14)20-10-19(33-4)11-27-24(20)15(2)25(32)29(22)13-23(31)28-18-7-5-17(6-8-18)16(3)30/h5-12,15H,13H2,1-4H3,(H,28,31)/t15-/m1/s1. The number of hydrogen-bond donors (Lipinski definition) is 1. The highest BCUT2D eigenvalue weighted by Crippen LogP contribution is 2.41. The minimum Gasteiger partial charge on any atom is -0.495 e. The Morgan fingerprint density at radius 3 is 2.48 bits per heavy atom. The number of aromatic nitrogens is 2. The van der Waals surface area contributed by atoms with Crippen LogP contribution in [0.5, 0.6) is 5.75 Å². The van der Waals surface area contributed by atoms with Gasteiger partial charge in [-0.2, -0.15) is 0 Å². The molecular weight excluding hydrogens is 420 g/mol. The quantitative estimate of drug-likeness (QED) is 0.602. The van der Waals surface area contributed by atoms with Crippen LogP contribution in [0.4, 0.5) is 11.4 Å². The van der Waals surface area contributed by atoms with E-state index in [2.05, 4.69) is 15.3 Å². The molecule has 0 unspecified atom stereocenters. The maximum Gasteiger partial charge on any atom is 0.244 e. The van der Waals surface area contributed by atoms with E-state index in [4.69, 9.17) is 4.74 Å². The summed E-state index contributed by atoms with van der Waals surface area (Å²) < 4.78 is 5.34. The summed E-state index contributed by atoms with van der Waals surface area (Å²) in [6.45, 7) is 4.91. The van der Waals surface area contributed by atoms with Crippen molar-refractivity contribution in [3.8, 4) is 16.9 Å². The number of Topliss-reactive ketones (excluding diaryl/α,β-unsaturated/α-hetero) is 1. The van der Waals surface area contributed by atoms with Crippen LogP contribution in [-0.4, -0.2) is 41.2 Å². The first-order valence-electron chi connectivity index (χ1n) is 10.5. The lowest BCUT2D eigenvalue weighted by Crippen LogP contribution is -2.40. The number of carbonyl (C=O) groups excluding carboxylic acids is 3. The number of rotatable bonds is 5. The molecule has 0 bridgehead atoms. The molecule has 0 radical (unpaired) electrons. The van der Waals surface area contributed by atoms with Crippen molar-refractivity contribution >= 4 is 29.0 Å². The molecule has 3 aromatic rings. The summed E-state index contributed by atoms with van der Waals surface area (Å²) >= 11 is 0. The molecule has 0 fully saturated rings. The van der Waals surface area contributed by atoms with Crippen LogP contribution in [-0.2, 0) is 9.59 Å². The van der Waals surface area contributed by atoms with Gasteiger partial charge in [0.1, 0.15) is 12.3 Å². The molecule has 1 aromatic carbocycles. The van der Waals surface area contributed by atoms with E-state index in [1.165, 1.54) is 11.8 Å². The van der Waals surface area contributed by atoms with E-state index in [9.17, 15) is 14.4 Å². The number of amides is 2. The summed E-state index contributed by atoms with van der Waals surface area (Å²) in [4.78, 5) is 48.2. The lowest BCUT2D eigenvalue weighted by Gasteiger charge is -2.24. The number of ketones is 1. The smallest absolute Gasteiger partial charge is 0.244 e. The lowest BCUT2D eigenvalue weighted by atomic mass is 9.98. The molecule has 8 heteroatoms. The molecule has 3 heterocycles. The Hall–Kier alpha value is -4.07. The Balaban J connectivity index is 1.69. The van der Waals surface area contributed by atoms with E-state index < -0.39 is 5.92 Å². The summed E-state index contributed by atoms with van der Waals surface area (Å²) in [6.07, 6.45) is 3.28. The number of aryl methyl sites for hydroxylation is 1. The highest BCUT2D eigenvalue weighted by Gasteiger charge is 2.34. The second kappa shape index (κ2) is 8.82. The molecule has 2 amide bonds. The number of ether oxygens (including phenoxy) is 1. The number of pyridine rings is 2. The highest BCUT2D eigenvalue weighted by atomic mass is 16.5. The first kappa shape index (κ1) is 22.1. The Labute approximate surface area is 191 Å². The van der Waals surface area contributed by atoms with Crippen molar-refractivity contribution in [3.63, 3.8) is 0 Å². The maximum atomic E-state index is 13.5. The Bertz CT molecular complexity index is 1250. The van der Waals surface area contributed by atoms with Gasteiger partial charge in [0.15, 0.2) is 5.78 Å². The maximum absolute atomic E-state index is 13.5. The van der Waals surface area contributed by atoms with Crippen molar-refractivity contribution in [2.75, 3.05) is 23.9 Å². The van der Waals surface area contributed by atoms with Crippen molar-refractivity contribution < 1.29 is 19.1 Å². The minimum absolute atomic E-state index is 0.0533. The second-order valence-electron chi connectivity index (χ2n) is 7.98. The first-order chi connectivity index (χ1) is 15.8. The fourth-order valence-electron chi connectivity index (χ4n) is 3.87. The van der Waals surface area contributed by atoms with Gasteiger partial charge in [-0.15, -0.1) is 0 Å². The van der Waals surface area contributed by atoms with Crippen molar-refractivity contribution in [1.29, 1.82) is 0 Å². The van der Waals surface area contributed by atoms with Crippen molar-refractivity contribution in [2.45, 2.75) is 26.7 Å². The van der Waals surface area contributed by atoms with E-state index in [1.807, 2.05) is 13.0 Å². The molecule has 0 saturated carbocycles. The third-order valence-electron chi connectivity index (χ3n) is 5.65. The van der Waals surface area contributed by atoms with E-state index in [1.54, 1.807) is 56.8 Å². The molecule has 33 heavy (non-hydrogen) atoms. The predicted molar refractivity (Wildman–Crippen MR) is 125 cm³/mol. The van der Waals surface area contributed by atoms with Crippen LogP contribution in [0.3, 0.4) is 0 Å². The highest BCUT2D eigenvalue weighted by molar-refractivity contribution is 6.09. The van der Waals surface area contributed by atoms with E-state index >= 15 is 0 Å². The first-order valence-corrected chi connectivity index (χ1v) is 10.5. The number of carbonyl (C=O) groups is 3. The molecule has 8 nitrogen and oxygen atoms in total. The molecule has 0 spiro atoms. The molecule has 1 aliphatic rings. The molecular formula is C25H24N4O4. The number of benzene rings is 1. The van der Waals surface area contributed by atoms with Crippen LogP contribution < -0.4 is 15.0 Å². The summed E-state index contributed by atoms with van der Waals surface area (Å²) in [5.74, 6) is -0.646. The third-order valence-corrected chi connectivity index (χ3v) is 5.65. The monoisotopic (exact) mass is 444 g/mol. The third kappa shape index (κ3) is 4.32. The SMILES string of the molecule is COc1cnc2c(c1)-c1cnc(C)cc1N(CC(=O)Nc1ccc(C(C)=O)cc1)C(=O)[C@@H]2C. The Kier molecular flexibility index (Phi) is 5.91. The summed E-state index contributed by atoms with van der Waals surface area (Å²) in [5.41, 5.74) is 4.48. The van der Waals surface area contributed by atoms with E-state index in [0.29, 0.717) is 33.9 Å². The van der Waals surface area contributed by atoms with Crippen molar-refractivity contribution in [2.24, 2.45) is 0 Å². The number of nitrogens with zero attached hydrogens (tertiary/aromatic N) is 3. The van der Waals surface area contributed by atoms with Crippen LogP contribution in [0.15, 0.2) is 48.8 Å². The van der Waals surface area contributed by atoms with Crippen LogP contribution in [0.1, 0.15) is 41.5 Å². The van der Waals surface area contributed by atoms with Crippen LogP contribution in [0, 0.1) is 6.92 Å². The second-order valence-corrected chi connectivity index (χ2v) is 7.98. The summed E-state index contributed by atoms with van der Waals surface area (Å²) in [5, 5.41) is 2.80. The summed E-state index contributed by atoms with van der Waals surface area (Å²) in [6, 6.07) is 10.3. The van der Waals surface area contributed by atoms with Gasteiger partial charge in [0.25, 0.3) is 0 Å². The Morgan fingerprint density at radius 1 is 1.09 bits per heavy atom. The number of methoxy groups -OCH3 is 1. The number of nitrogens with one attached hydrogen (secondary N) is 1. The number of anilines is 2. The molecule has 4 rings (SSSR count). The minimum atomic E-state index is -0.568. The molecule has 1 atom stereocenters. The topological polar surface area (TPSA) is 101 Å². The van der Waals surface area contributed by atoms with E-state index in [-0.39, 0.29) is 24.1 Å². The predicted octanol–water partition coefficient (Wildman–Crippen LogP) is 3.75. The van der Waals surface area contributed by atoms with Crippen LogP contribution >= 0.6 is 0 Å². The fourth-order valence-corrected chi connectivity index (χ4v) is 3.87. The average Bonchev–Trinajstić information content (AvgIpc) is 2.88. The van der Waals surface area contributed by atoms with Crippen molar-refractivity contribution in [3.05, 3.63) is 65.7 Å². The largest absolute Gasteiger partial charge is 0.495 e. The van der Waals surface area contributed by atoms with Gasteiger partial charge >= 0.3 is 0 Å². The zero-order chi connectivity index (χ0) is 23.7. The zero-order valence-corrected chi connectivity index (χ0v) is 18.9. The molecule has 168 valence electrons. The van der Waals surface area contributed by atoms with Gasteiger partial charge in [0.2, 0.25) is 11.8 Å². The summed E-state index contributed by atoms with van der Waals surface area (Å²) in [7, 11) is 1.56. The van der Waals surface area contributed by atoms with E-state index in [0.717, 1.165) is 11.3 Å².